The van der Waals surface area contributed by atoms with Crippen LogP contribution in [0.25, 0.3) is 0 Å². The molecule has 1 heterocycles. The Hall–Kier alpha value is -0.830. The van der Waals surface area contributed by atoms with E-state index in [-0.39, 0.29) is 23.9 Å². The Labute approximate surface area is 90.4 Å². The minimum absolute atomic E-state index is 0.0261. The van der Waals surface area contributed by atoms with Crippen LogP contribution in [0.15, 0.2) is 11.6 Å². The van der Waals surface area contributed by atoms with Crippen LogP contribution in [0.3, 0.4) is 0 Å². The van der Waals surface area contributed by atoms with Crippen LogP contribution in [0.5, 0.6) is 0 Å². The summed E-state index contributed by atoms with van der Waals surface area (Å²) >= 11 is 0. The first kappa shape index (κ1) is 10.7. The summed E-state index contributed by atoms with van der Waals surface area (Å²) in [5, 5.41) is 0. The summed E-state index contributed by atoms with van der Waals surface area (Å²) in [5.41, 5.74) is 1.38. The van der Waals surface area contributed by atoms with E-state index in [0.29, 0.717) is 0 Å². The summed E-state index contributed by atoms with van der Waals surface area (Å²) in [6.07, 6.45) is 5.40. The number of hydrogen-bond acceptors (Lipinski definition) is 3. The van der Waals surface area contributed by atoms with E-state index in [4.69, 9.17) is 9.47 Å². The molecule has 1 aliphatic carbocycles. The fourth-order valence-electron chi connectivity index (χ4n) is 2.54. The molecule has 0 bridgehead atoms. The minimum atomic E-state index is -0.105. The van der Waals surface area contributed by atoms with Crippen LogP contribution in [-0.2, 0) is 14.3 Å². The number of ether oxygens (including phenoxy) is 2. The van der Waals surface area contributed by atoms with Crippen LogP contribution in [0.1, 0.15) is 26.2 Å². The molecular weight excluding hydrogens is 192 g/mol. The lowest BCUT2D eigenvalue weighted by molar-refractivity contribution is -0.148. The molecule has 1 saturated heterocycles. The average molecular weight is 210 g/mol. The molecule has 0 aromatic rings. The topological polar surface area (TPSA) is 35.5 Å². The number of allylic oxidation sites excluding steroid dienone is 1. The van der Waals surface area contributed by atoms with Crippen LogP contribution in [0.4, 0.5) is 0 Å². The number of esters is 1. The van der Waals surface area contributed by atoms with Crippen molar-refractivity contribution in [2.24, 2.45) is 11.8 Å². The molecule has 0 unspecified atom stereocenters. The molecule has 0 aromatic carbocycles. The Balaban J connectivity index is 2.13. The minimum Gasteiger partial charge on any atom is -0.469 e. The predicted molar refractivity (Wildman–Crippen MR) is 56.3 cm³/mol. The van der Waals surface area contributed by atoms with E-state index in [2.05, 4.69) is 13.0 Å². The highest BCUT2D eigenvalue weighted by Crippen LogP contribution is 2.35. The largest absolute Gasteiger partial charge is 0.469 e. The molecule has 0 saturated carbocycles. The second kappa shape index (κ2) is 4.35. The SMILES string of the molecule is COC(=O)[C@@H]1C[C@@H]2OCCCC2=C[C@@H]1C. The number of fused-ring (bicyclic) bond motifs is 1. The number of hydrogen-bond donors (Lipinski definition) is 0. The summed E-state index contributed by atoms with van der Waals surface area (Å²) < 4.78 is 10.5. The predicted octanol–water partition coefficient (Wildman–Crippen LogP) is 1.92. The molecule has 84 valence electrons. The van der Waals surface area contributed by atoms with Crippen molar-refractivity contribution in [3.63, 3.8) is 0 Å². The first-order chi connectivity index (χ1) is 7.22. The number of carbonyl (C=O) groups excluding carboxylic acids is 1. The molecule has 0 N–H and O–H groups in total. The molecule has 0 spiro atoms. The Morgan fingerprint density at radius 3 is 3.13 bits per heavy atom. The zero-order valence-corrected chi connectivity index (χ0v) is 9.36. The van der Waals surface area contributed by atoms with Crippen molar-refractivity contribution in [1.29, 1.82) is 0 Å². The van der Waals surface area contributed by atoms with Gasteiger partial charge in [0, 0.05) is 6.61 Å². The molecule has 1 aliphatic heterocycles. The second-order valence-corrected chi connectivity index (χ2v) is 4.43. The molecule has 3 nitrogen and oxygen atoms in total. The van der Waals surface area contributed by atoms with Gasteiger partial charge in [0.05, 0.1) is 19.1 Å². The average Bonchev–Trinajstić information content (AvgIpc) is 2.27. The first-order valence-corrected chi connectivity index (χ1v) is 5.62. The van der Waals surface area contributed by atoms with Gasteiger partial charge in [0.2, 0.25) is 0 Å². The number of carbonyl (C=O) groups is 1. The van der Waals surface area contributed by atoms with E-state index in [1.165, 1.54) is 12.7 Å². The number of methoxy groups -OCH3 is 1. The van der Waals surface area contributed by atoms with Gasteiger partial charge in [-0.1, -0.05) is 13.0 Å². The summed E-state index contributed by atoms with van der Waals surface area (Å²) in [5.74, 6) is 0.152. The molecule has 15 heavy (non-hydrogen) atoms. The standard InChI is InChI=1S/C12H18O3/c1-8-6-9-4-3-5-15-11(9)7-10(8)12(13)14-2/h6,8,10-11H,3-5,7H2,1-2H3/t8-,10+,11-/m0/s1. The molecule has 3 atom stereocenters. The summed E-state index contributed by atoms with van der Waals surface area (Å²) in [6.45, 7) is 2.91. The van der Waals surface area contributed by atoms with Gasteiger partial charge >= 0.3 is 5.97 Å². The van der Waals surface area contributed by atoms with Crippen LogP contribution >= 0.6 is 0 Å². The monoisotopic (exact) mass is 210 g/mol. The highest BCUT2D eigenvalue weighted by atomic mass is 16.5. The van der Waals surface area contributed by atoms with E-state index < -0.39 is 0 Å². The van der Waals surface area contributed by atoms with Gasteiger partial charge < -0.3 is 9.47 Å². The Bertz CT molecular complexity index is 283. The van der Waals surface area contributed by atoms with E-state index in [0.717, 1.165) is 25.9 Å². The smallest absolute Gasteiger partial charge is 0.309 e. The zero-order chi connectivity index (χ0) is 10.8. The third-order valence-corrected chi connectivity index (χ3v) is 3.43. The highest BCUT2D eigenvalue weighted by molar-refractivity contribution is 5.73. The second-order valence-electron chi connectivity index (χ2n) is 4.43. The maximum absolute atomic E-state index is 11.5. The molecule has 0 radical (unpaired) electrons. The van der Waals surface area contributed by atoms with Gasteiger partial charge in [-0.2, -0.15) is 0 Å². The lowest BCUT2D eigenvalue weighted by atomic mass is 9.78. The summed E-state index contributed by atoms with van der Waals surface area (Å²) in [6, 6.07) is 0. The first-order valence-electron chi connectivity index (χ1n) is 5.62. The molecule has 0 amide bonds. The van der Waals surface area contributed by atoms with Gasteiger partial charge in [0.25, 0.3) is 0 Å². The lowest BCUT2D eigenvalue weighted by Crippen LogP contribution is -2.35. The highest BCUT2D eigenvalue weighted by Gasteiger charge is 2.35. The van der Waals surface area contributed by atoms with Gasteiger partial charge in [-0.05, 0) is 30.8 Å². The Kier molecular flexibility index (Phi) is 3.10. The van der Waals surface area contributed by atoms with E-state index in [9.17, 15) is 4.79 Å². The normalized spacial score (nSPS) is 35.3. The van der Waals surface area contributed by atoms with E-state index in [1.54, 1.807) is 0 Å². The third-order valence-electron chi connectivity index (χ3n) is 3.43. The maximum atomic E-state index is 11.5. The summed E-state index contributed by atoms with van der Waals surface area (Å²) in [7, 11) is 1.45. The van der Waals surface area contributed by atoms with E-state index in [1.807, 2.05) is 0 Å². The van der Waals surface area contributed by atoms with Gasteiger partial charge in [-0.3, -0.25) is 4.79 Å². The fraction of sp³-hybridized carbons (Fsp3) is 0.750. The van der Waals surface area contributed by atoms with Crippen molar-refractivity contribution in [3.05, 3.63) is 11.6 Å². The summed E-state index contributed by atoms with van der Waals surface area (Å²) in [4.78, 5) is 11.5. The molecule has 3 heteroatoms. The van der Waals surface area contributed by atoms with E-state index >= 15 is 0 Å². The Morgan fingerprint density at radius 2 is 2.40 bits per heavy atom. The molecule has 1 fully saturated rings. The van der Waals surface area contributed by atoms with Crippen molar-refractivity contribution in [1.82, 2.24) is 0 Å². The van der Waals surface area contributed by atoms with Crippen LogP contribution in [-0.4, -0.2) is 25.8 Å². The molecule has 2 aliphatic rings. The number of rotatable bonds is 1. The van der Waals surface area contributed by atoms with Crippen molar-refractivity contribution >= 4 is 5.97 Å². The molecule has 2 rings (SSSR count). The zero-order valence-electron chi connectivity index (χ0n) is 9.36. The fourth-order valence-corrected chi connectivity index (χ4v) is 2.54. The van der Waals surface area contributed by atoms with Gasteiger partial charge in [0.15, 0.2) is 0 Å². The lowest BCUT2D eigenvalue weighted by Gasteiger charge is -2.35. The molecular formula is C12H18O3. The quantitative estimate of drug-likeness (QED) is 0.490. The maximum Gasteiger partial charge on any atom is 0.309 e. The van der Waals surface area contributed by atoms with Gasteiger partial charge in [-0.15, -0.1) is 0 Å². The van der Waals surface area contributed by atoms with Crippen LogP contribution < -0.4 is 0 Å². The van der Waals surface area contributed by atoms with Gasteiger partial charge in [-0.25, -0.2) is 0 Å². The van der Waals surface area contributed by atoms with Crippen molar-refractivity contribution in [2.45, 2.75) is 32.3 Å². The van der Waals surface area contributed by atoms with Crippen LogP contribution in [0, 0.1) is 11.8 Å². The van der Waals surface area contributed by atoms with Crippen molar-refractivity contribution < 1.29 is 14.3 Å². The third kappa shape index (κ3) is 2.07. The van der Waals surface area contributed by atoms with Crippen molar-refractivity contribution in [2.75, 3.05) is 13.7 Å². The van der Waals surface area contributed by atoms with Crippen LogP contribution in [0.2, 0.25) is 0 Å². The van der Waals surface area contributed by atoms with Crippen molar-refractivity contribution in [3.8, 4) is 0 Å². The Morgan fingerprint density at radius 1 is 1.60 bits per heavy atom. The van der Waals surface area contributed by atoms with Gasteiger partial charge in [0.1, 0.15) is 0 Å². The molecule has 0 aromatic heterocycles.